The summed E-state index contributed by atoms with van der Waals surface area (Å²) in [6.07, 6.45) is 2.52. The van der Waals surface area contributed by atoms with E-state index in [1.807, 2.05) is 24.3 Å². The van der Waals surface area contributed by atoms with E-state index in [9.17, 15) is 9.59 Å². The summed E-state index contributed by atoms with van der Waals surface area (Å²) in [6.45, 7) is 1.18. The van der Waals surface area contributed by atoms with Crippen molar-refractivity contribution in [2.75, 3.05) is 23.3 Å². The number of nitrogens with two attached hydrogens (primary N) is 1. The number of hydrogen-bond donors (Lipinski definition) is 2. The molecule has 2 amide bonds. The molecule has 118 valence electrons. The summed E-state index contributed by atoms with van der Waals surface area (Å²) in [5.41, 5.74) is 7.07. The molecule has 0 aromatic heterocycles. The standard InChI is InChI=1S/C16H21N3O3/c17-10-13-6-7-14(22-13)16(21)18-11-3-1-4-12(9-11)19-8-2-5-15(19)20/h1,3-4,9,13-14H,2,5-8,10,17H2,(H,18,21)/t13-,14+/m1/s1. The average molecular weight is 303 g/mol. The van der Waals surface area contributed by atoms with Gasteiger partial charge in [0.25, 0.3) is 5.91 Å². The topological polar surface area (TPSA) is 84.7 Å². The fraction of sp³-hybridized carbons (Fsp3) is 0.500. The average Bonchev–Trinajstić information content (AvgIpc) is 3.16. The lowest BCUT2D eigenvalue weighted by Gasteiger charge is -2.17. The number of ether oxygens (including phenoxy) is 1. The maximum Gasteiger partial charge on any atom is 0.253 e. The monoisotopic (exact) mass is 303 g/mol. The summed E-state index contributed by atoms with van der Waals surface area (Å²) in [6, 6.07) is 7.37. The molecule has 0 unspecified atom stereocenters. The van der Waals surface area contributed by atoms with Crippen molar-refractivity contribution < 1.29 is 14.3 Å². The number of anilines is 2. The molecule has 0 spiro atoms. The van der Waals surface area contributed by atoms with Gasteiger partial charge in [-0.25, -0.2) is 0 Å². The molecule has 3 rings (SSSR count). The number of amides is 2. The van der Waals surface area contributed by atoms with E-state index >= 15 is 0 Å². The molecular weight excluding hydrogens is 282 g/mol. The molecule has 1 aromatic carbocycles. The van der Waals surface area contributed by atoms with Crippen LogP contribution in [0.1, 0.15) is 25.7 Å². The van der Waals surface area contributed by atoms with Crippen LogP contribution in [0.25, 0.3) is 0 Å². The smallest absolute Gasteiger partial charge is 0.253 e. The van der Waals surface area contributed by atoms with Gasteiger partial charge in [0.05, 0.1) is 6.10 Å². The van der Waals surface area contributed by atoms with Crippen molar-refractivity contribution in [3.8, 4) is 0 Å². The van der Waals surface area contributed by atoms with Gasteiger partial charge in [-0.1, -0.05) is 6.07 Å². The molecule has 1 aromatic rings. The normalized spacial score (nSPS) is 24.8. The van der Waals surface area contributed by atoms with Crippen molar-refractivity contribution in [3.63, 3.8) is 0 Å². The van der Waals surface area contributed by atoms with E-state index in [-0.39, 0.29) is 17.9 Å². The van der Waals surface area contributed by atoms with Gasteiger partial charge in [-0.3, -0.25) is 9.59 Å². The molecule has 2 aliphatic rings. The maximum atomic E-state index is 12.2. The van der Waals surface area contributed by atoms with Crippen LogP contribution in [-0.2, 0) is 14.3 Å². The highest BCUT2D eigenvalue weighted by Crippen LogP contribution is 2.25. The Kier molecular flexibility index (Phi) is 4.40. The summed E-state index contributed by atoms with van der Waals surface area (Å²) in [7, 11) is 0. The third-order valence-electron chi connectivity index (χ3n) is 4.16. The Morgan fingerprint density at radius 1 is 1.41 bits per heavy atom. The highest BCUT2D eigenvalue weighted by molar-refractivity contribution is 5.98. The minimum Gasteiger partial charge on any atom is -0.364 e. The fourth-order valence-electron chi connectivity index (χ4n) is 2.97. The van der Waals surface area contributed by atoms with E-state index in [0.717, 1.165) is 25.1 Å². The zero-order valence-corrected chi connectivity index (χ0v) is 12.5. The molecule has 0 aliphatic carbocycles. The molecule has 0 radical (unpaired) electrons. The van der Waals surface area contributed by atoms with Gasteiger partial charge in [0.1, 0.15) is 6.10 Å². The molecule has 2 saturated heterocycles. The molecule has 0 bridgehead atoms. The minimum atomic E-state index is -0.439. The summed E-state index contributed by atoms with van der Waals surface area (Å²) in [5.74, 6) is -0.0192. The van der Waals surface area contributed by atoms with Gasteiger partial charge >= 0.3 is 0 Å². The zero-order chi connectivity index (χ0) is 15.5. The first-order chi connectivity index (χ1) is 10.7. The lowest BCUT2D eigenvalue weighted by Crippen LogP contribution is -2.30. The summed E-state index contributed by atoms with van der Waals surface area (Å²) < 4.78 is 5.59. The maximum absolute atomic E-state index is 12.2. The molecule has 6 nitrogen and oxygen atoms in total. The van der Waals surface area contributed by atoms with Crippen LogP contribution in [-0.4, -0.2) is 37.1 Å². The first kappa shape index (κ1) is 15.0. The number of carbonyl (C=O) groups is 2. The largest absolute Gasteiger partial charge is 0.364 e. The highest BCUT2D eigenvalue weighted by atomic mass is 16.5. The third-order valence-corrected chi connectivity index (χ3v) is 4.16. The van der Waals surface area contributed by atoms with Gasteiger partial charge in [0.15, 0.2) is 0 Å². The first-order valence-corrected chi connectivity index (χ1v) is 7.74. The van der Waals surface area contributed by atoms with Crippen molar-refractivity contribution in [2.45, 2.75) is 37.9 Å². The Hall–Kier alpha value is -1.92. The number of hydrogen-bond acceptors (Lipinski definition) is 4. The van der Waals surface area contributed by atoms with Gasteiger partial charge in [-0.2, -0.15) is 0 Å². The highest BCUT2D eigenvalue weighted by Gasteiger charge is 2.30. The molecule has 2 aliphatic heterocycles. The summed E-state index contributed by atoms with van der Waals surface area (Å²) in [5, 5.41) is 2.86. The fourth-order valence-corrected chi connectivity index (χ4v) is 2.97. The quantitative estimate of drug-likeness (QED) is 0.877. The van der Waals surface area contributed by atoms with Crippen LogP contribution < -0.4 is 16.0 Å². The van der Waals surface area contributed by atoms with Crippen LogP contribution >= 0.6 is 0 Å². The number of rotatable bonds is 4. The molecule has 22 heavy (non-hydrogen) atoms. The molecule has 2 atom stereocenters. The predicted octanol–water partition coefficient (Wildman–Crippen LogP) is 1.26. The number of carbonyl (C=O) groups excluding carboxylic acids is 2. The Morgan fingerprint density at radius 3 is 2.95 bits per heavy atom. The Labute approximate surface area is 129 Å². The second-order valence-corrected chi connectivity index (χ2v) is 5.75. The van der Waals surface area contributed by atoms with Gasteiger partial charge in [-0.15, -0.1) is 0 Å². The second kappa shape index (κ2) is 6.46. The summed E-state index contributed by atoms with van der Waals surface area (Å²) >= 11 is 0. The van der Waals surface area contributed by atoms with Crippen LogP contribution in [0.3, 0.4) is 0 Å². The van der Waals surface area contributed by atoms with Crippen molar-refractivity contribution in [1.82, 2.24) is 0 Å². The predicted molar refractivity (Wildman–Crippen MR) is 83.6 cm³/mol. The van der Waals surface area contributed by atoms with Crippen LogP contribution in [0.5, 0.6) is 0 Å². The van der Waals surface area contributed by atoms with Crippen LogP contribution in [0.15, 0.2) is 24.3 Å². The van der Waals surface area contributed by atoms with E-state index in [1.54, 1.807) is 4.90 Å². The van der Waals surface area contributed by atoms with E-state index in [2.05, 4.69) is 5.32 Å². The van der Waals surface area contributed by atoms with E-state index in [4.69, 9.17) is 10.5 Å². The molecule has 2 heterocycles. The number of nitrogens with one attached hydrogen (secondary N) is 1. The van der Waals surface area contributed by atoms with E-state index in [1.165, 1.54) is 0 Å². The van der Waals surface area contributed by atoms with E-state index < -0.39 is 6.10 Å². The number of nitrogens with zero attached hydrogens (tertiary/aromatic N) is 1. The zero-order valence-electron chi connectivity index (χ0n) is 12.5. The van der Waals surface area contributed by atoms with Gasteiger partial charge in [0, 0.05) is 30.9 Å². The van der Waals surface area contributed by atoms with E-state index in [0.29, 0.717) is 25.1 Å². The van der Waals surface area contributed by atoms with Gasteiger partial charge in [0.2, 0.25) is 5.91 Å². The first-order valence-electron chi connectivity index (χ1n) is 7.74. The van der Waals surface area contributed by atoms with Crippen molar-refractivity contribution >= 4 is 23.2 Å². The number of benzene rings is 1. The van der Waals surface area contributed by atoms with Crippen LogP contribution in [0.2, 0.25) is 0 Å². The van der Waals surface area contributed by atoms with Gasteiger partial charge in [-0.05, 0) is 37.5 Å². The lowest BCUT2D eigenvalue weighted by atomic mass is 10.2. The molecule has 6 heteroatoms. The SMILES string of the molecule is NC[C@H]1CC[C@@H](C(=O)Nc2cccc(N3CCCC3=O)c2)O1. The van der Waals surface area contributed by atoms with Crippen molar-refractivity contribution in [3.05, 3.63) is 24.3 Å². The van der Waals surface area contributed by atoms with Crippen LogP contribution in [0, 0.1) is 0 Å². The van der Waals surface area contributed by atoms with Crippen molar-refractivity contribution in [2.24, 2.45) is 5.73 Å². The molecule has 0 saturated carbocycles. The lowest BCUT2D eigenvalue weighted by molar-refractivity contribution is -0.126. The Bertz CT molecular complexity index is 576. The van der Waals surface area contributed by atoms with Gasteiger partial charge < -0.3 is 20.7 Å². The molecule has 3 N–H and O–H groups in total. The third kappa shape index (κ3) is 3.13. The summed E-state index contributed by atoms with van der Waals surface area (Å²) in [4.78, 5) is 25.8. The van der Waals surface area contributed by atoms with Crippen LogP contribution in [0.4, 0.5) is 11.4 Å². The molecular formula is C16H21N3O3. The Balaban J connectivity index is 1.65. The second-order valence-electron chi connectivity index (χ2n) is 5.75. The van der Waals surface area contributed by atoms with Crippen molar-refractivity contribution in [1.29, 1.82) is 0 Å². The Morgan fingerprint density at radius 2 is 2.27 bits per heavy atom. The molecule has 2 fully saturated rings. The minimum absolute atomic E-state index is 0.0238.